The molecule has 9 heteroatoms. The molecule has 0 radical (unpaired) electrons. The van der Waals surface area contributed by atoms with Crippen molar-refractivity contribution in [1.82, 2.24) is 30.0 Å². The third-order valence-corrected chi connectivity index (χ3v) is 5.19. The Morgan fingerprint density at radius 1 is 1.27 bits per heavy atom. The molecule has 1 aliphatic heterocycles. The van der Waals surface area contributed by atoms with Crippen LogP contribution in [-0.2, 0) is 4.79 Å². The number of amides is 3. The van der Waals surface area contributed by atoms with E-state index in [1.807, 2.05) is 30.3 Å². The van der Waals surface area contributed by atoms with Crippen LogP contribution in [-0.4, -0.2) is 54.9 Å². The highest BCUT2D eigenvalue weighted by Crippen LogP contribution is 2.29. The van der Waals surface area contributed by atoms with Crippen LogP contribution in [0.15, 0.2) is 47.9 Å². The number of thioether (sulfide) groups is 1. The maximum absolute atomic E-state index is 12.5. The van der Waals surface area contributed by atoms with Gasteiger partial charge in [0.1, 0.15) is 11.4 Å². The first kappa shape index (κ1) is 16.5. The van der Waals surface area contributed by atoms with E-state index in [0.29, 0.717) is 23.8 Å². The minimum absolute atomic E-state index is 0.229. The molecule has 1 aromatic carbocycles. The highest BCUT2D eigenvalue weighted by Gasteiger charge is 2.30. The Morgan fingerprint density at radius 3 is 2.81 bits per heavy atom. The molecule has 26 heavy (non-hydrogen) atoms. The molecule has 3 amide bonds. The smallest absolute Gasteiger partial charge is 0.324 e. The SMILES string of the molecule is C[C@@H](Sc1ncnc2c1cnn2-c1ccccc1)C(=O)N1CCNC1=O. The van der Waals surface area contributed by atoms with Crippen molar-refractivity contribution in [1.29, 1.82) is 0 Å². The molecule has 1 saturated heterocycles. The fourth-order valence-electron chi connectivity index (χ4n) is 2.79. The van der Waals surface area contributed by atoms with Gasteiger partial charge in [0.2, 0.25) is 5.91 Å². The van der Waals surface area contributed by atoms with E-state index in [1.54, 1.807) is 17.8 Å². The fraction of sp³-hybridized carbons (Fsp3) is 0.235. The lowest BCUT2D eigenvalue weighted by Gasteiger charge is -2.17. The summed E-state index contributed by atoms with van der Waals surface area (Å²) in [5.74, 6) is -0.229. The number of imide groups is 1. The minimum atomic E-state index is -0.447. The highest BCUT2D eigenvalue weighted by atomic mass is 32.2. The van der Waals surface area contributed by atoms with Crippen LogP contribution in [0, 0.1) is 0 Å². The average Bonchev–Trinajstić information content (AvgIpc) is 3.28. The summed E-state index contributed by atoms with van der Waals surface area (Å²) in [7, 11) is 0. The number of carbonyl (C=O) groups is 2. The van der Waals surface area contributed by atoms with E-state index < -0.39 is 5.25 Å². The van der Waals surface area contributed by atoms with E-state index in [9.17, 15) is 9.59 Å². The number of hydrogen-bond donors (Lipinski definition) is 1. The highest BCUT2D eigenvalue weighted by molar-refractivity contribution is 8.00. The molecule has 1 aliphatic rings. The van der Waals surface area contributed by atoms with Gasteiger partial charge in [0, 0.05) is 13.1 Å². The van der Waals surface area contributed by atoms with Gasteiger partial charge >= 0.3 is 6.03 Å². The second kappa shape index (κ2) is 6.75. The van der Waals surface area contributed by atoms with Crippen molar-refractivity contribution >= 4 is 34.7 Å². The molecule has 0 spiro atoms. The Hall–Kier alpha value is -2.94. The van der Waals surface area contributed by atoms with Crippen LogP contribution in [0.25, 0.3) is 16.7 Å². The lowest BCUT2D eigenvalue weighted by atomic mass is 10.3. The number of para-hydroxylation sites is 1. The minimum Gasteiger partial charge on any atom is -0.336 e. The molecule has 3 heterocycles. The number of urea groups is 1. The van der Waals surface area contributed by atoms with Crippen molar-refractivity contribution in [2.45, 2.75) is 17.2 Å². The molecule has 1 atom stereocenters. The van der Waals surface area contributed by atoms with Crippen molar-refractivity contribution in [3.8, 4) is 5.69 Å². The van der Waals surface area contributed by atoms with E-state index in [2.05, 4.69) is 20.4 Å². The molecule has 2 aromatic heterocycles. The zero-order chi connectivity index (χ0) is 18.1. The molecular weight excluding hydrogens is 352 g/mol. The number of rotatable bonds is 4. The van der Waals surface area contributed by atoms with Crippen molar-refractivity contribution < 1.29 is 9.59 Å². The first-order valence-electron chi connectivity index (χ1n) is 8.15. The van der Waals surface area contributed by atoms with Crippen molar-refractivity contribution in [2.75, 3.05) is 13.1 Å². The predicted octanol–water partition coefficient (Wildman–Crippen LogP) is 1.85. The van der Waals surface area contributed by atoms with E-state index in [1.165, 1.54) is 23.0 Å². The first-order chi connectivity index (χ1) is 12.6. The van der Waals surface area contributed by atoms with Gasteiger partial charge in [0.15, 0.2) is 5.65 Å². The number of nitrogens with one attached hydrogen (secondary N) is 1. The van der Waals surface area contributed by atoms with Crippen LogP contribution in [0.1, 0.15) is 6.92 Å². The maximum Gasteiger partial charge on any atom is 0.324 e. The van der Waals surface area contributed by atoms with Gasteiger partial charge in [-0.05, 0) is 19.1 Å². The summed E-state index contributed by atoms with van der Waals surface area (Å²) in [4.78, 5) is 34.1. The van der Waals surface area contributed by atoms with Crippen molar-refractivity contribution in [3.63, 3.8) is 0 Å². The van der Waals surface area contributed by atoms with E-state index in [4.69, 9.17) is 0 Å². The third-order valence-electron chi connectivity index (χ3n) is 4.09. The monoisotopic (exact) mass is 368 g/mol. The summed E-state index contributed by atoms with van der Waals surface area (Å²) in [5.41, 5.74) is 1.57. The van der Waals surface area contributed by atoms with Gasteiger partial charge in [0.05, 0.1) is 22.5 Å². The summed E-state index contributed by atoms with van der Waals surface area (Å²) in [6.45, 7) is 2.66. The molecule has 0 aliphatic carbocycles. The summed E-state index contributed by atoms with van der Waals surface area (Å²) >= 11 is 1.30. The van der Waals surface area contributed by atoms with Gasteiger partial charge in [-0.3, -0.25) is 9.69 Å². The van der Waals surface area contributed by atoms with Gasteiger partial charge in [0.25, 0.3) is 0 Å². The lowest BCUT2D eigenvalue weighted by molar-refractivity contribution is -0.126. The summed E-state index contributed by atoms with van der Waals surface area (Å²) in [6, 6.07) is 9.35. The second-order valence-corrected chi connectivity index (χ2v) is 7.12. The summed E-state index contributed by atoms with van der Waals surface area (Å²) in [5, 5.41) is 8.04. The number of aromatic nitrogens is 4. The van der Waals surface area contributed by atoms with E-state index >= 15 is 0 Å². The molecule has 0 bridgehead atoms. The Labute approximate surface area is 153 Å². The molecule has 1 fully saturated rings. The van der Waals surface area contributed by atoms with Gasteiger partial charge in [-0.1, -0.05) is 30.0 Å². The molecule has 1 N–H and O–H groups in total. The van der Waals surface area contributed by atoms with Crippen LogP contribution >= 0.6 is 11.8 Å². The van der Waals surface area contributed by atoms with Gasteiger partial charge < -0.3 is 5.32 Å². The first-order valence-corrected chi connectivity index (χ1v) is 9.03. The fourth-order valence-corrected chi connectivity index (χ4v) is 3.74. The zero-order valence-corrected chi connectivity index (χ0v) is 14.8. The number of carbonyl (C=O) groups excluding carboxylic acids is 2. The molecule has 0 unspecified atom stereocenters. The normalized spacial score (nSPS) is 15.3. The Balaban J connectivity index is 1.62. The Morgan fingerprint density at radius 2 is 2.08 bits per heavy atom. The second-order valence-electron chi connectivity index (χ2n) is 5.79. The lowest BCUT2D eigenvalue weighted by Crippen LogP contribution is -2.38. The quantitative estimate of drug-likeness (QED) is 0.558. The standard InChI is InChI=1S/C17H16N6O2S/c1-11(16(24)22-8-7-18-17(22)25)26-15-13-9-21-23(14(13)19-10-20-15)12-5-3-2-4-6-12/h2-6,9-11H,7-8H2,1H3,(H,18,25)/t11-/m1/s1. The predicted molar refractivity (Wildman–Crippen MR) is 97.1 cm³/mol. The summed E-state index contributed by atoms with van der Waals surface area (Å²) in [6.07, 6.45) is 3.16. The third kappa shape index (κ3) is 2.90. The number of hydrogen-bond acceptors (Lipinski definition) is 6. The molecular formula is C17H16N6O2S. The topological polar surface area (TPSA) is 93.0 Å². The van der Waals surface area contributed by atoms with Crippen LogP contribution in [0.4, 0.5) is 4.79 Å². The molecule has 8 nitrogen and oxygen atoms in total. The summed E-state index contributed by atoms with van der Waals surface area (Å²) < 4.78 is 1.74. The zero-order valence-electron chi connectivity index (χ0n) is 14.0. The number of benzene rings is 1. The molecule has 3 aromatic rings. The Bertz CT molecular complexity index is 974. The molecule has 4 rings (SSSR count). The van der Waals surface area contributed by atoms with Crippen molar-refractivity contribution in [3.05, 3.63) is 42.9 Å². The Kier molecular flexibility index (Phi) is 4.29. The molecule has 0 saturated carbocycles. The largest absolute Gasteiger partial charge is 0.336 e. The number of nitrogens with zero attached hydrogens (tertiary/aromatic N) is 5. The maximum atomic E-state index is 12.5. The van der Waals surface area contributed by atoms with Crippen LogP contribution in [0.2, 0.25) is 0 Å². The van der Waals surface area contributed by atoms with Gasteiger partial charge in [-0.15, -0.1) is 0 Å². The van der Waals surface area contributed by atoms with Crippen LogP contribution in [0.3, 0.4) is 0 Å². The van der Waals surface area contributed by atoms with Crippen LogP contribution < -0.4 is 5.32 Å². The molecule has 132 valence electrons. The van der Waals surface area contributed by atoms with Crippen molar-refractivity contribution in [2.24, 2.45) is 0 Å². The van der Waals surface area contributed by atoms with Crippen LogP contribution in [0.5, 0.6) is 0 Å². The van der Waals surface area contributed by atoms with E-state index in [-0.39, 0.29) is 11.9 Å². The average molecular weight is 368 g/mol. The van der Waals surface area contributed by atoms with Gasteiger partial charge in [-0.2, -0.15) is 5.10 Å². The van der Waals surface area contributed by atoms with E-state index in [0.717, 1.165) is 11.1 Å². The number of fused-ring (bicyclic) bond motifs is 1. The van der Waals surface area contributed by atoms with Gasteiger partial charge in [-0.25, -0.2) is 19.4 Å².